The molecule has 4 rings (SSSR count). The van der Waals surface area contributed by atoms with Crippen molar-refractivity contribution in [2.24, 2.45) is 0 Å². The predicted octanol–water partition coefficient (Wildman–Crippen LogP) is 7.32. The molecule has 0 aliphatic carbocycles. The normalized spacial score (nSPS) is 15.1. The molecule has 1 saturated heterocycles. The van der Waals surface area contributed by atoms with Gasteiger partial charge in [-0.3, -0.25) is 4.79 Å². The number of benzene rings is 3. The van der Waals surface area contributed by atoms with E-state index in [4.69, 9.17) is 39.5 Å². The zero-order valence-corrected chi connectivity index (χ0v) is 21.7. The first-order valence-corrected chi connectivity index (χ1v) is 12.3. The van der Waals surface area contributed by atoms with E-state index in [0.29, 0.717) is 11.6 Å². The number of hydrogen-bond donors (Lipinski definition) is 1. The molecule has 1 amide bonds. The highest BCUT2D eigenvalue weighted by Crippen LogP contribution is 2.40. The summed E-state index contributed by atoms with van der Waals surface area (Å²) in [7, 11) is 0. The van der Waals surface area contributed by atoms with Crippen LogP contribution in [0.5, 0.6) is 0 Å². The summed E-state index contributed by atoms with van der Waals surface area (Å²) >= 11 is 17.6. The van der Waals surface area contributed by atoms with Gasteiger partial charge in [0, 0.05) is 5.56 Å². The van der Waals surface area contributed by atoms with Crippen LogP contribution in [-0.2, 0) is 16.9 Å². The third kappa shape index (κ3) is 6.15. The molecule has 0 bridgehead atoms. The standard InChI is InChI=1S/C27H19Cl3F3NO4/c28-21-10-18(11-22(29)24(21)30)20(27(31,32)33)12-23(35)17-6-8-19(9-7-17)26(37)14-34(15-26)25(36)38-13-16-4-2-1-3-5-16/h1-12,37H,13-15H2. The van der Waals surface area contributed by atoms with Crippen molar-refractivity contribution in [2.45, 2.75) is 18.4 Å². The number of halogens is 6. The number of carbonyl (C=O) groups is 2. The maximum absolute atomic E-state index is 13.8. The van der Waals surface area contributed by atoms with Crippen LogP contribution in [0.4, 0.5) is 18.0 Å². The number of nitrogens with zero attached hydrogens (tertiary/aromatic N) is 1. The highest BCUT2D eigenvalue weighted by Gasteiger charge is 2.45. The van der Waals surface area contributed by atoms with Crippen molar-refractivity contribution in [1.29, 1.82) is 0 Å². The number of ketones is 1. The number of likely N-dealkylation sites (tertiary alicyclic amines) is 1. The molecule has 5 nitrogen and oxygen atoms in total. The Bertz CT molecular complexity index is 1360. The molecule has 198 valence electrons. The molecule has 0 aromatic heterocycles. The summed E-state index contributed by atoms with van der Waals surface area (Å²) in [4.78, 5) is 26.3. The Balaban J connectivity index is 1.44. The summed E-state index contributed by atoms with van der Waals surface area (Å²) in [5, 5.41) is 10.4. The second-order valence-corrected chi connectivity index (χ2v) is 9.87. The van der Waals surface area contributed by atoms with Crippen molar-refractivity contribution in [1.82, 2.24) is 4.90 Å². The molecule has 0 radical (unpaired) electrons. The molecule has 11 heteroatoms. The van der Waals surface area contributed by atoms with E-state index in [9.17, 15) is 27.9 Å². The minimum atomic E-state index is -4.88. The maximum atomic E-state index is 13.8. The first-order valence-electron chi connectivity index (χ1n) is 11.1. The summed E-state index contributed by atoms with van der Waals surface area (Å²) in [6.07, 6.45) is -5.01. The van der Waals surface area contributed by atoms with Crippen LogP contribution in [0.1, 0.15) is 27.0 Å². The summed E-state index contributed by atoms with van der Waals surface area (Å²) in [6, 6.07) is 16.5. The van der Waals surface area contributed by atoms with E-state index in [1.165, 1.54) is 29.2 Å². The Morgan fingerprint density at radius 3 is 2.08 bits per heavy atom. The van der Waals surface area contributed by atoms with Crippen LogP contribution in [0.25, 0.3) is 5.57 Å². The van der Waals surface area contributed by atoms with Crippen molar-refractivity contribution in [3.05, 3.63) is 110 Å². The van der Waals surface area contributed by atoms with Crippen LogP contribution >= 0.6 is 34.8 Å². The number of hydrogen-bond acceptors (Lipinski definition) is 4. The van der Waals surface area contributed by atoms with Gasteiger partial charge in [0.15, 0.2) is 5.78 Å². The fraction of sp³-hybridized carbons (Fsp3) is 0.185. The van der Waals surface area contributed by atoms with Crippen LogP contribution in [0.15, 0.2) is 72.8 Å². The van der Waals surface area contributed by atoms with Gasteiger partial charge in [0.2, 0.25) is 0 Å². The minimum Gasteiger partial charge on any atom is -0.445 e. The molecule has 3 aromatic rings. The smallest absolute Gasteiger partial charge is 0.417 e. The zero-order chi connectivity index (χ0) is 27.7. The van der Waals surface area contributed by atoms with Crippen LogP contribution in [0.3, 0.4) is 0 Å². The largest absolute Gasteiger partial charge is 0.445 e. The number of alkyl halides is 3. The molecule has 1 fully saturated rings. The average Bonchev–Trinajstić information content (AvgIpc) is 2.86. The SMILES string of the molecule is O=C(C=C(c1cc(Cl)c(Cl)c(Cl)c1)C(F)(F)F)c1ccc(C2(O)CN(C(=O)OCc3ccccc3)C2)cc1. The van der Waals surface area contributed by atoms with Crippen LogP contribution < -0.4 is 0 Å². The lowest BCUT2D eigenvalue weighted by Crippen LogP contribution is -2.61. The van der Waals surface area contributed by atoms with Crippen molar-refractivity contribution < 1.29 is 32.6 Å². The number of allylic oxidation sites excluding steroid dienone is 2. The van der Waals surface area contributed by atoms with Crippen molar-refractivity contribution in [3.8, 4) is 0 Å². The number of β-amino-alcohol motifs (C(OH)–C–C–N with tert-alkyl or cyclic N) is 1. The summed E-state index contributed by atoms with van der Waals surface area (Å²) < 4.78 is 46.5. The fourth-order valence-electron chi connectivity index (χ4n) is 3.91. The van der Waals surface area contributed by atoms with Gasteiger partial charge in [-0.1, -0.05) is 89.4 Å². The van der Waals surface area contributed by atoms with Gasteiger partial charge in [0.05, 0.1) is 33.7 Å². The quantitative estimate of drug-likeness (QED) is 0.187. The molecule has 1 aliphatic heterocycles. The molecule has 1 heterocycles. The zero-order valence-electron chi connectivity index (χ0n) is 19.4. The Morgan fingerprint density at radius 2 is 1.53 bits per heavy atom. The average molecular weight is 585 g/mol. The number of rotatable bonds is 6. The minimum absolute atomic E-state index is 0.0376. The van der Waals surface area contributed by atoms with Crippen molar-refractivity contribution in [2.75, 3.05) is 13.1 Å². The molecule has 0 unspecified atom stereocenters. The highest BCUT2D eigenvalue weighted by molar-refractivity contribution is 6.48. The van der Waals surface area contributed by atoms with Gasteiger partial charge in [0.25, 0.3) is 0 Å². The van der Waals surface area contributed by atoms with Gasteiger partial charge in [-0.15, -0.1) is 0 Å². The molecule has 0 saturated carbocycles. The molecular weight excluding hydrogens is 566 g/mol. The second-order valence-electron chi connectivity index (χ2n) is 8.68. The monoisotopic (exact) mass is 583 g/mol. The van der Waals surface area contributed by atoms with Crippen LogP contribution in [0.2, 0.25) is 15.1 Å². The van der Waals surface area contributed by atoms with Gasteiger partial charge < -0.3 is 14.7 Å². The lowest BCUT2D eigenvalue weighted by Gasteiger charge is -2.45. The van der Waals surface area contributed by atoms with Gasteiger partial charge >= 0.3 is 12.3 Å². The van der Waals surface area contributed by atoms with Gasteiger partial charge in [-0.25, -0.2) is 4.79 Å². The molecule has 0 spiro atoms. The highest BCUT2D eigenvalue weighted by atomic mass is 35.5. The van der Waals surface area contributed by atoms with E-state index >= 15 is 0 Å². The van der Waals surface area contributed by atoms with E-state index in [1.807, 2.05) is 30.3 Å². The Labute approximate surface area is 231 Å². The van der Waals surface area contributed by atoms with Gasteiger partial charge in [0.1, 0.15) is 12.2 Å². The Kier molecular flexibility index (Phi) is 8.09. The molecule has 1 aliphatic rings. The first kappa shape index (κ1) is 28.0. The lowest BCUT2D eigenvalue weighted by atomic mass is 9.86. The molecule has 0 atom stereocenters. The van der Waals surface area contributed by atoms with E-state index in [2.05, 4.69) is 0 Å². The molecule has 38 heavy (non-hydrogen) atoms. The number of aliphatic hydroxyl groups is 1. The fourth-order valence-corrected chi connectivity index (χ4v) is 4.50. The summed E-state index contributed by atoms with van der Waals surface area (Å²) in [5.74, 6) is -0.919. The van der Waals surface area contributed by atoms with E-state index in [-0.39, 0.29) is 40.3 Å². The van der Waals surface area contributed by atoms with E-state index < -0.39 is 34.8 Å². The van der Waals surface area contributed by atoms with Crippen LogP contribution in [-0.4, -0.2) is 41.1 Å². The van der Waals surface area contributed by atoms with Gasteiger partial charge in [-0.05, 0) is 34.9 Å². The number of ether oxygens (including phenoxy) is 1. The topological polar surface area (TPSA) is 66.8 Å². The first-order chi connectivity index (χ1) is 17.9. The summed E-state index contributed by atoms with van der Waals surface area (Å²) in [5.41, 5.74) is -1.85. The lowest BCUT2D eigenvalue weighted by molar-refractivity contribution is -0.0949. The van der Waals surface area contributed by atoms with E-state index in [1.54, 1.807) is 0 Å². The third-order valence-corrected chi connectivity index (χ3v) is 7.15. The molecule has 3 aromatic carbocycles. The second kappa shape index (κ2) is 11.0. The van der Waals surface area contributed by atoms with E-state index in [0.717, 1.165) is 17.7 Å². The Morgan fingerprint density at radius 1 is 0.947 bits per heavy atom. The number of carbonyl (C=O) groups excluding carboxylic acids is 2. The Hall–Kier alpha value is -3.04. The van der Waals surface area contributed by atoms with Gasteiger partial charge in [-0.2, -0.15) is 13.2 Å². The summed E-state index contributed by atoms with van der Waals surface area (Å²) in [6.45, 7) is 0.0154. The molecular formula is C27H19Cl3F3NO4. The molecule has 1 N–H and O–H groups in total. The van der Waals surface area contributed by atoms with Crippen molar-refractivity contribution >= 4 is 52.3 Å². The predicted molar refractivity (Wildman–Crippen MR) is 138 cm³/mol. The van der Waals surface area contributed by atoms with Crippen LogP contribution in [0, 0.1) is 0 Å². The third-order valence-electron chi connectivity index (χ3n) is 5.95. The maximum Gasteiger partial charge on any atom is 0.417 e. The van der Waals surface area contributed by atoms with Crippen molar-refractivity contribution in [3.63, 3.8) is 0 Å². The number of amides is 1.